The lowest BCUT2D eigenvalue weighted by molar-refractivity contribution is -0.157. The van der Waals surface area contributed by atoms with Crippen molar-refractivity contribution in [1.82, 2.24) is 10.2 Å². The SMILES string of the molecule is COc1ccc(NC(=O)[C@@H](OC(=O)c2cccc(C(F)(F)F)c2)[C@H](OC(=O)c2cccc(C(F)(F)F)c2)C(=O)O)nn1. The molecule has 0 saturated heterocycles. The lowest BCUT2D eigenvalue weighted by Crippen LogP contribution is -2.48. The van der Waals surface area contributed by atoms with Crippen molar-refractivity contribution < 1.29 is 64.8 Å². The lowest BCUT2D eigenvalue weighted by Gasteiger charge is -2.23. The van der Waals surface area contributed by atoms with Crippen LogP contribution in [0.2, 0.25) is 0 Å². The summed E-state index contributed by atoms with van der Waals surface area (Å²) < 4.78 is 93.0. The maximum Gasteiger partial charge on any atom is 0.416 e. The van der Waals surface area contributed by atoms with Crippen LogP contribution in [0.25, 0.3) is 0 Å². The van der Waals surface area contributed by atoms with Crippen LogP contribution < -0.4 is 10.1 Å². The molecule has 3 rings (SSSR count). The Balaban J connectivity index is 1.96. The zero-order valence-corrected chi connectivity index (χ0v) is 20.9. The van der Waals surface area contributed by atoms with Crippen LogP contribution in [0, 0.1) is 0 Å². The summed E-state index contributed by atoms with van der Waals surface area (Å²) in [5, 5.41) is 18.9. The molecule has 1 aromatic heterocycles. The first-order valence-corrected chi connectivity index (χ1v) is 11.3. The van der Waals surface area contributed by atoms with Gasteiger partial charge in [-0.3, -0.25) is 4.79 Å². The van der Waals surface area contributed by atoms with Crippen molar-refractivity contribution >= 4 is 29.6 Å². The summed E-state index contributed by atoms with van der Waals surface area (Å²) in [6, 6.07) is 7.68. The van der Waals surface area contributed by atoms with Gasteiger partial charge in [-0.15, -0.1) is 10.2 Å². The Bertz CT molecular complexity index is 1480. The van der Waals surface area contributed by atoms with E-state index in [2.05, 4.69) is 10.2 Å². The minimum Gasteiger partial charge on any atom is -0.480 e. The molecule has 0 aliphatic rings. The van der Waals surface area contributed by atoms with Crippen LogP contribution in [-0.2, 0) is 31.4 Å². The zero-order chi connectivity index (χ0) is 31.2. The number of nitrogens with zero attached hydrogens (tertiary/aromatic N) is 2. The molecule has 11 nitrogen and oxygen atoms in total. The van der Waals surface area contributed by atoms with Gasteiger partial charge in [-0.2, -0.15) is 26.3 Å². The van der Waals surface area contributed by atoms with E-state index >= 15 is 0 Å². The first kappa shape index (κ1) is 31.3. The Labute approximate surface area is 231 Å². The van der Waals surface area contributed by atoms with Gasteiger partial charge in [0.15, 0.2) is 5.82 Å². The number of nitrogens with one attached hydrogen (secondary N) is 1. The summed E-state index contributed by atoms with van der Waals surface area (Å²) in [6.07, 6.45) is -15.1. The minimum absolute atomic E-state index is 0.000970. The Morgan fingerprint density at radius 1 is 0.762 bits per heavy atom. The van der Waals surface area contributed by atoms with Crippen LogP contribution in [0.4, 0.5) is 32.2 Å². The van der Waals surface area contributed by atoms with Crippen LogP contribution in [0.5, 0.6) is 5.88 Å². The second kappa shape index (κ2) is 12.5. The number of hydrogen-bond donors (Lipinski definition) is 2. The van der Waals surface area contributed by atoms with Crippen molar-refractivity contribution in [3.8, 4) is 5.88 Å². The van der Waals surface area contributed by atoms with Crippen LogP contribution >= 0.6 is 0 Å². The van der Waals surface area contributed by atoms with Crippen molar-refractivity contribution in [3.05, 3.63) is 82.9 Å². The highest BCUT2D eigenvalue weighted by molar-refractivity contribution is 6.01. The molecule has 222 valence electrons. The maximum absolute atomic E-state index is 13.1. The van der Waals surface area contributed by atoms with Crippen LogP contribution in [-0.4, -0.2) is 58.4 Å². The molecule has 0 radical (unpaired) electrons. The van der Waals surface area contributed by atoms with E-state index in [1.54, 1.807) is 0 Å². The molecule has 3 aromatic rings. The van der Waals surface area contributed by atoms with Crippen LogP contribution in [0.3, 0.4) is 0 Å². The number of aromatic nitrogens is 2. The Hall–Kier alpha value is -5.22. The van der Waals surface area contributed by atoms with E-state index in [1.807, 2.05) is 5.32 Å². The third-order valence-corrected chi connectivity index (χ3v) is 5.20. The van der Waals surface area contributed by atoms with Gasteiger partial charge in [-0.1, -0.05) is 12.1 Å². The Morgan fingerprint density at radius 3 is 1.67 bits per heavy atom. The summed E-state index contributed by atoms with van der Waals surface area (Å²) in [7, 11) is 1.25. The van der Waals surface area contributed by atoms with Crippen LogP contribution in [0.15, 0.2) is 60.7 Å². The van der Waals surface area contributed by atoms with Gasteiger partial charge in [0, 0.05) is 6.07 Å². The second-order valence-electron chi connectivity index (χ2n) is 8.10. The number of anilines is 1. The number of ether oxygens (including phenoxy) is 3. The highest BCUT2D eigenvalue weighted by Gasteiger charge is 2.42. The minimum atomic E-state index is -4.88. The number of benzene rings is 2. The average molecular weight is 601 g/mol. The van der Waals surface area contributed by atoms with E-state index < -0.39 is 70.6 Å². The third-order valence-electron chi connectivity index (χ3n) is 5.20. The largest absolute Gasteiger partial charge is 0.480 e. The molecule has 42 heavy (non-hydrogen) atoms. The lowest BCUT2D eigenvalue weighted by atomic mass is 10.1. The number of carbonyl (C=O) groups is 4. The van der Waals surface area contributed by atoms with Crippen LogP contribution in [0.1, 0.15) is 31.8 Å². The van der Waals surface area contributed by atoms with E-state index in [1.165, 1.54) is 13.2 Å². The number of esters is 2. The average Bonchev–Trinajstić information content (AvgIpc) is 2.94. The van der Waals surface area contributed by atoms with E-state index in [0.29, 0.717) is 24.3 Å². The quantitative estimate of drug-likeness (QED) is 0.272. The van der Waals surface area contributed by atoms with Crippen molar-refractivity contribution in [3.63, 3.8) is 0 Å². The normalized spacial score (nSPS) is 12.9. The second-order valence-corrected chi connectivity index (χ2v) is 8.10. The molecule has 1 amide bonds. The predicted octanol–water partition coefficient (Wildman–Crippen LogP) is 4.00. The molecular formula is C25H17F6N3O8. The highest BCUT2D eigenvalue weighted by atomic mass is 19.4. The number of methoxy groups -OCH3 is 1. The number of halogens is 6. The molecule has 2 atom stereocenters. The Morgan fingerprint density at radius 2 is 1.26 bits per heavy atom. The number of amides is 1. The van der Waals surface area contributed by atoms with Gasteiger partial charge in [-0.05, 0) is 42.5 Å². The molecule has 2 aromatic carbocycles. The smallest absolute Gasteiger partial charge is 0.416 e. The van der Waals surface area contributed by atoms with Crippen molar-refractivity contribution in [2.75, 3.05) is 12.4 Å². The number of aliphatic carboxylic acids is 1. The summed E-state index contributed by atoms with van der Waals surface area (Å²) >= 11 is 0. The molecule has 0 bridgehead atoms. The van der Waals surface area contributed by atoms with Gasteiger partial charge in [0.2, 0.25) is 18.1 Å². The van der Waals surface area contributed by atoms with Gasteiger partial charge in [-0.25, -0.2) is 14.4 Å². The van der Waals surface area contributed by atoms with Crippen molar-refractivity contribution in [2.24, 2.45) is 0 Å². The molecule has 0 spiro atoms. The number of carbonyl (C=O) groups excluding carboxylic acids is 3. The molecule has 2 N–H and O–H groups in total. The predicted molar refractivity (Wildman–Crippen MR) is 126 cm³/mol. The molecule has 0 fully saturated rings. The van der Waals surface area contributed by atoms with E-state index in [0.717, 1.165) is 30.3 Å². The molecule has 1 heterocycles. The fourth-order valence-electron chi connectivity index (χ4n) is 3.20. The number of hydrogen-bond acceptors (Lipinski definition) is 9. The zero-order valence-electron chi connectivity index (χ0n) is 20.9. The summed E-state index contributed by atoms with van der Waals surface area (Å²) in [4.78, 5) is 50.5. The molecular weight excluding hydrogens is 584 g/mol. The fraction of sp³-hybridized carbons (Fsp3) is 0.200. The molecule has 0 aliphatic heterocycles. The van der Waals surface area contributed by atoms with Gasteiger partial charge < -0.3 is 24.6 Å². The monoisotopic (exact) mass is 601 g/mol. The van der Waals surface area contributed by atoms with E-state index in [9.17, 15) is 50.6 Å². The van der Waals surface area contributed by atoms with E-state index in [-0.39, 0.29) is 11.7 Å². The highest BCUT2D eigenvalue weighted by Crippen LogP contribution is 2.31. The van der Waals surface area contributed by atoms with Gasteiger partial charge >= 0.3 is 30.3 Å². The van der Waals surface area contributed by atoms with Gasteiger partial charge in [0.05, 0.1) is 29.4 Å². The van der Waals surface area contributed by atoms with E-state index in [4.69, 9.17) is 14.2 Å². The molecule has 0 unspecified atom stereocenters. The number of carboxylic acid groups (broad SMARTS) is 1. The van der Waals surface area contributed by atoms with Gasteiger partial charge in [0.1, 0.15) is 0 Å². The Kier molecular flexibility index (Phi) is 9.34. The summed E-state index contributed by atoms with van der Waals surface area (Å²) in [5.41, 5.74) is -4.11. The standard InChI is InChI=1S/C25H17F6N3O8/c1-40-17-9-8-16(33-34-17)32-20(35)18(41-22(38)12-4-2-6-14(10-12)24(26,27)28)19(21(36)37)42-23(39)13-5-3-7-15(11-13)25(29,30)31/h2-11,18-19H,1H3,(H,36,37)(H,32,33,35)/t18-,19-/m0/s1. The number of rotatable bonds is 9. The maximum atomic E-state index is 13.1. The van der Waals surface area contributed by atoms with Gasteiger partial charge in [0.25, 0.3) is 5.91 Å². The first-order valence-electron chi connectivity index (χ1n) is 11.3. The first-order chi connectivity index (χ1) is 19.6. The summed E-state index contributed by atoms with van der Waals surface area (Å²) in [6.45, 7) is 0. The topological polar surface area (TPSA) is 154 Å². The number of alkyl halides is 6. The van der Waals surface area contributed by atoms with Crippen molar-refractivity contribution in [2.45, 2.75) is 24.6 Å². The number of carboxylic acids is 1. The summed E-state index contributed by atoms with van der Waals surface area (Å²) in [5.74, 6) is -7.26. The molecule has 17 heteroatoms. The molecule has 0 saturated carbocycles. The fourth-order valence-corrected chi connectivity index (χ4v) is 3.20. The molecule has 0 aliphatic carbocycles. The third kappa shape index (κ3) is 7.92. The van der Waals surface area contributed by atoms with Crippen molar-refractivity contribution in [1.29, 1.82) is 0 Å².